The first-order valence-corrected chi connectivity index (χ1v) is 10.9. The van der Waals surface area contributed by atoms with E-state index in [-0.39, 0.29) is 41.0 Å². The van der Waals surface area contributed by atoms with Crippen molar-refractivity contribution in [2.75, 3.05) is 30.4 Å². The summed E-state index contributed by atoms with van der Waals surface area (Å²) in [6.45, 7) is 0.376. The number of halogens is 1. The van der Waals surface area contributed by atoms with Crippen LogP contribution in [0.5, 0.6) is 5.75 Å². The van der Waals surface area contributed by atoms with Crippen LogP contribution in [-0.4, -0.2) is 61.1 Å². The van der Waals surface area contributed by atoms with Crippen LogP contribution in [-0.2, 0) is 4.79 Å². The summed E-state index contributed by atoms with van der Waals surface area (Å²) in [4.78, 5) is 50.7. The van der Waals surface area contributed by atoms with Gasteiger partial charge in [-0.15, -0.1) is 0 Å². The van der Waals surface area contributed by atoms with E-state index in [0.29, 0.717) is 11.6 Å². The molecule has 35 heavy (non-hydrogen) atoms. The molecule has 1 fully saturated rings. The Bertz CT molecular complexity index is 1500. The average Bonchev–Trinajstić information content (AvgIpc) is 3.34. The average molecular weight is 497 g/mol. The molecule has 0 aromatic carbocycles. The molecule has 0 bridgehead atoms. The molecule has 12 nitrogen and oxygen atoms in total. The molecule has 5 heterocycles. The number of hydrogen-bond donors (Lipinski definition) is 2. The molecule has 0 saturated carbocycles. The summed E-state index contributed by atoms with van der Waals surface area (Å²) in [6, 6.07) is 4.23. The third-order valence-corrected chi connectivity index (χ3v) is 6.14. The minimum absolute atomic E-state index is 0.0310. The number of methoxy groups -OCH3 is 1. The first-order valence-electron chi connectivity index (χ1n) is 10.2. The van der Waals surface area contributed by atoms with Crippen LogP contribution in [0.25, 0.3) is 16.2 Å². The second kappa shape index (κ2) is 8.72. The Kier molecular flexibility index (Phi) is 5.56. The van der Waals surface area contributed by atoms with Crippen LogP contribution in [0.2, 0.25) is 0 Å². The minimum Gasteiger partial charge on any atom is -0.495 e. The van der Waals surface area contributed by atoms with E-state index in [1.807, 2.05) is 0 Å². The number of carbonyl (C=O) groups excluding carboxylic acids is 1. The molecule has 5 rings (SSSR count). The Balaban J connectivity index is 1.42. The van der Waals surface area contributed by atoms with Crippen LogP contribution in [0.4, 0.5) is 16.0 Å². The van der Waals surface area contributed by atoms with Gasteiger partial charge in [0.2, 0.25) is 16.5 Å². The molecule has 0 spiro atoms. The number of nitrogens with zero attached hydrogens (tertiary/aromatic N) is 6. The largest absolute Gasteiger partial charge is 0.495 e. The van der Waals surface area contributed by atoms with Crippen molar-refractivity contribution in [3.05, 3.63) is 58.5 Å². The van der Waals surface area contributed by atoms with Crippen molar-refractivity contribution < 1.29 is 23.8 Å². The molecular weight excluding hydrogens is 481 g/mol. The van der Waals surface area contributed by atoms with E-state index in [4.69, 9.17) is 4.74 Å². The van der Waals surface area contributed by atoms with Gasteiger partial charge >= 0.3 is 5.97 Å². The smallest absolute Gasteiger partial charge is 0.341 e. The number of aromatic carboxylic acids is 1. The minimum atomic E-state index is -1.46. The lowest BCUT2D eigenvalue weighted by Crippen LogP contribution is -2.52. The quantitative estimate of drug-likeness (QED) is 0.401. The highest BCUT2D eigenvalue weighted by molar-refractivity contribution is 7.08. The fraction of sp³-hybridized carbons (Fsp3) is 0.190. The van der Waals surface area contributed by atoms with E-state index in [1.165, 1.54) is 24.2 Å². The highest BCUT2D eigenvalue weighted by atomic mass is 32.1. The summed E-state index contributed by atoms with van der Waals surface area (Å²) in [5.74, 6) is -2.13. The van der Waals surface area contributed by atoms with Gasteiger partial charge in [-0.2, -0.15) is 4.37 Å². The Morgan fingerprint density at radius 1 is 1.29 bits per heavy atom. The molecule has 4 aromatic heterocycles. The number of amides is 1. The van der Waals surface area contributed by atoms with Crippen LogP contribution in [0.3, 0.4) is 0 Å². The number of rotatable bonds is 6. The Labute approximate surface area is 199 Å². The number of ether oxygens (including phenoxy) is 1. The monoisotopic (exact) mass is 497 g/mol. The molecule has 0 aliphatic carbocycles. The van der Waals surface area contributed by atoms with Crippen LogP contribution < -0.4 is 20.4 Å². The predicted molar refractivity (Wildman–Crippen MR) is 123 cm³/mol. The molecule has 1 aliphatic rings. The SMILES string of the molecule is COc1ccc(NC(=O)C2CN(c3nc4c(cc3F)c(=O)c(C(=O)O)cn4-c3ncns3)C2)nc1. The number of nitrogens with one attached hydrogen (secondary N) is 1. The molecule has 1 aliphatic heterocycles. The number of carboxylic acids is 1. The van der Waals surface area contributed by atoms with Crippen LogP contribution in [0.1, 0.15) is 10.4 Å². The molecule has 0 atom stereocenters. The lowest BCUT2D eigenvalue weighted by atomic mass is 9.99. The van der Waals surface area contributed by atoms with Crippen molar-refractivity contribution in [3.63, 3.8) is 0 Å². The van der Waals surface area contributed by atoms with Crippen molar-refractivity contribution in [2.45, 2.75) is 0 Å². The number of carboxylic acid groups (broad SMARTS) is 1. The standard InChI is InChI=1S/C21H16FN7O5S/c1-34-11-2-3-15(23-5-11)26-19(31)10-6-28(7-10)18-14(22)4-12-16(30)13(20(32)33)8-29(17(12)27-18)21-24-9-25-35-21/h2-5,8-10H,6-7H2,1H3,(H,32,33)(H,23,26,31). The zero-order valence-corrected chi connectivity index (χ0v) is 18.8. The first kappa shape index (κ1) is 22.3. The molecule has 4 aromatic rings. The van der Waals surface area contributed by atoms with Gasteiger partial charge < -0.3 is 20.1 Å². The van der Waals surface area contributed by atoms with Crippen LogP contribution in [0.15, 0.2) is 41.7 Å². The predicted octanol–water partition coefficient (Wildman–Crippen LogP) is 1.55. The van der Waals surface area contributed by atoms with Gasteiger partial charge in [-0.25, -0.2) is 24.1 Å². The summed E-state index contributed by atoms with van der Waals surface area (Å²) >= 11 is 0.956. The third-order valence-electron chi connectivity index (χ3n) is 5.47. The van der Waals surface area contributed by atoms with Crippen molar-refractivity contribution >= 4 is 46.1 Å². The zero-order valence-electron chi connectivity index (χ0n) is 18.0. The fourth-order valence-corrected chi connectivity index (χ4v) is 4.14. The zero-order chi connectivity index (χ0) is 24.7. The number of aromatic nitrogens is 5. The summed E-state index contributed by atoms with van der Waals surface area (Å²) in [5.41, 5.74) is -1.38. The van der Waals surface area contributed by atoms with Gasteiger partial charge in [0.05, 0.1) is 24.6 Å². The van der Waals surface area contributed by atoms with Crippen molar-refractivity contribution in [2.24, 2.45) is 5.92 Å². The molecule has 0 unspecified atom stereocenters. The Morgan fingerprint density at radius 2 is 2.09 bits per heavy atom. The topological polar surface area (TPSA) is 152 Å². The first-order chi connectivity index (χ1) is 16.9. The Morgan fingerprint density at radius 3 is 2.71 bits per heavy atom. The summed E-state index contributed by atoms with van der Waals surface area (Å²) < 4.78 is 25.2. The van der Waals surface area contributed by atoms with Crippen LogP contribution in [0, 0.1) is 11.7 Å². The third kappa shape index (κ3) is 4.03. The van der Waals surface area contributed by atoms with Gasteiger partial charge in [-0.05, 0) is 18.2 Å². The van der Waals surface area contributed by atoms with Crippen molar-refractivity contribution in [3.8, 4) is 10.9 Å². The van der Waals surface area contributed by atoms with E-state index in [0.717, 1.165) is 23.8 Å². The highest BCUT2D eigenvalue weighted by Crippen LogP contribution is 2.29. The maximum Gasteiger partial charge on any atom is 0.341 e. The maximum absolute atomic E-state index is 15.0. The van der Waals surface area contributed by atoms with Gasteiger partial charge in [-0.1, -0.05) is 0 Å². The van der Waals surface area contributed by atoms with Crippen molar-refractivity contribution in [1.29, 1.82) is 0 Å². The van der Waals surface area contributed by atoms with E-state index < -0.39 is 28.7 Å². The number of anilines is 2. The molecule has 1 amide bonds. The Hall–Kier alpha value is -4.46. The lowest BCUT2D eigenvalue weighted by Gasteiger charge is -2.39. The molecule has 0 radical (unpaired) electrons. The van der Waals surface area contributed by atoms with E-state index in [2.05, 4.69) is 24.6 Å². The molecule has 1 saturated heterocycles. The maximum atomic E-state index is 15.0. The van der Waals surface area contributed by atoms with Gasteiger partial charge in [0.15, 0.2) is 17.3 Å². The van der Waals surface area contributed by atoms with Gasteiger partial charge in [0, 0.05) is 30.8 Å². The van der Waals surface area contributed by atoms with Gasteiger partial charge in [0.25, 0.3) is 0 Å². The van der Waals surface area contributed by atoms with Gasteiger partial charge in [0.1, 0.15) is 23.5 Å². The lowest BCUT2D eigenvalue weighted by molar-refractivity contribution is -0.120. The number of pyridine rings is 3. The normalized spacial score (nSPS) is 13.5. The summed E-state index contributed by atoms with van der Waals surface area (Å²) in [6.07, 6.45) is 3.84. The van der Waals surface area contributed by atoms with E-state index >= 15 is 0 Å². The summed E-state index contributed by atoms with van der Waals surface area (Å²) in [5, 5.41) is 12.2. The number of fused-ring (bicyclic) bond motifs is 1. The van der Waals surface area contributed by atoms with Crippen LogP contribution >= 0.6 is 11.5 Å². The van der Waals surface area contributed by atoms with Crippen molar-refractivity contribution in [1.82, 2.24) is 23.9 Å². The fourth-order valence-electron chi connectivity index (χ4n) is 3.63. The van der Waals surface area contributed by atoms with E-state index in [9.17, 15) is 23.9 Å². The number of hydrogen-bond acceptors (Lipinski definition) is 10. The molecule has 178 valence electrons. The molecular formula is C21H16FN7O5S. The second-order valence-electron chi connectivity index (χ2n) is 7.61. The molecule has 14 heteroatoms. The summed E-state index contributed by atoms with van der Waals surface area (Å²) in [7, 11) is 1.51. The number of carbonyl (C=O) groups is 2. The molecule has 2 N–H and O–H groups in total. The highest BCUT2D eigenvalue weighted by Gasteiger charge is 2.35. The second-order valence-corrected chi connectivity index (χ2v) is 8.37. The van der Waals surface area contributed by atoms with E-state index in [1.54, 1.807) is 17.0 Å². The van der Waals surface area contributed by atoms with Gasteiger partial charge in [-0.3, -0.25) is 14.2 Å².